The van der Waals surface area contributed by atoms with Crippen LogP contribution < -0.4 is 10.6 Å². The van der Waals surface area contributed by atoms with Gasteiger partial charge in [-0.1, -0.05) is 36.4 Å². The molecule has 2 aromatic rings. The van der Waals surface area contributed by atoms with Crippen LogP contribution in [0.5, 0.6) is 0 Å². The lowest BCUT2D eigenvalue weighted by Crippen LogP contribution is -2.46. The van der Waals surface area contributed by atoms with Gasteiger partial charge in [0.25, 0.3) is 0 Å². The van der Waals surface area contributed by atoms with Crippen LogP contribution in [0.2, 0.25) is 0 Å². The first kappa shape index (κ1) is 18.0. The van der Waals surface area contributed by atoms with Crippen molar-refractivity contribution in [3.8, 4) is 0 Å². The maximum atomic E-state index is 12.6. The largest absolute Gasteiger partial charge is 0.463 e. The normalized spacial score (nSPS) is 16.7. The zero-order valence-electron chi connectivity index (χ0n) is 14.3. The number of nitrogens with zero attached hydrogens (tertiary/aromatic N) is 1. The summed E-state index contributed by atoms with van der Waals surface area (Å²) in [6.45, 7) is 2.02. The quantitative estimate of drug-likeness (QED) is 0.604. The van der Waals surface area contributed by atoms with Crippen molar-refractivity contribution in [1.82, 2.24) is 15.6 Å². The molecule has 1 aromatic heterocycles. The number of amides is 2. The van der Waals surface area contributed by atoms with Crippen molar-refractivity contribution in [2.24, 2.45) is 0 Å². The van der Waals surface area contributed by atoms with Crippen molar-refractivity contribution in [2.45, 2.75) is 18.0 Å². The molecule has 0 fully saturated rings. The number of hydrogen-bond acceptors (Lipinski definition) is 5. The lowest BCUT2D eigenvalue weighted by molar-refractivity contribution is -0.139. The molecule has 0 bridgehead atoms. The van der Waals surface area contributed by atoms with Gasteiger partial charge in [-0.3, -0.25) is 0 Å². The topological polar surface area (TPSA) is 80.3 Å². The van der Waals surface area contributed by atoms with Crippen LogP contribution in [0.3, 0.4) is 0 Å². The molecule has 0 aliphatic carbocycles. The number of ether oxygens (including phenoxy) is 1. The van der Waals surface area contributed by atoms with Gasteiger partial charge in [0.1, 0.15) is 0 Å². The number of carbonyl (C=O) groups is 2. The van der Waals surface area contributed by atoms with E-state index in [1.807, 2.05) is 48.5 Å². The Balaban J connectivity index is 1.95. The van der Waals surface area contributed by atoms with E-state index in [0.717, 1.165) is 10.6 Å². The fourth-order valence-corrected chi connectivity index (χ4v) is 3.49. The molecule has 134 valence electrons. The Hall–Kier alpha value is -2.80. The van der Waals surface area contributed by atoms with Crippen LogP contribution in [0.15, 0.2) is 71.0 Å². The summed E-state index contributed by atoms with van der Waals surface area (Å²) in [6, 6.07) is 14.1. The Kier molecular flexibility index (Phi) is 5.91. The number of aromatic nitrogens is 1. The highest BCUT2D eigenvalue weighted by molar-refractivity contribution is 7.99. The summed E-state index contributed by atoms with van der Waals surface area (Å²) in [5, 5.41) is 6.38. The summed E-state index contributed by atoms with van der Waals surface area (Å²) in [7, 11) is 0. The summed E-state index contributed by atoms with van der Waals surface area (Å²) in [6.07, 6.45) is 1.71. The number of benzene rings is 1. The monoisotopic (exact) mass is 369 g/mol. The van der Waals surface area contributed by atoms with Gasteiger partial charge in [0.15, 0.2) is 0 Å². The second-order valence-corrected chi connectivity index (χ2v) is 6.51. The third-order valence-corrected chi connectivity index (χ3v) is 4.75. The van der Waals surface area contributed by atoms with Crippen LogP contribution in [-0.2, 0) is 9.53 Å². The summed E-state index contributed by atoms with van der Waals surface area (Å²) >= 11 is 1.45. The van der Waals surface area contributed by atoms with E-state index in [2.05, 4.69) is 15.6 Å². The minimum atomic E-state index is -0.552. The van der Waals surface area contributed by atoms with Gasteiger partial charge in [-0.05, 0) is 24.6 Å². The zero-order valence-corrected chi connectivity index (χ0v) is 15.1. The smallest absolute Gasteiger partial charge is 0.338 e. The van der Waals surface area contributed by atoms with Crippen molar-refractivity contribution in [3.05, 3.63) is 71.6 Å². The van der Waals surface area contributed by atoms with Crippen LogP contribution in [0.25, 0.3) is 0 Å². The minimum Gasteiger partial charge on any atom is -0.463 e. The lowest BCUT2D eigenvalue weighted by atomic mass is 9.95. The van der Waals surface area contributed by atoms with E-state index in [9.17, 15) is 9.59 Å². The van der Waals surface area contributed by atoms with Gasteiger partial charge >= 0.3 is 12.0 Å². The van der Waals surface area contributed by atoms with Gasteiger partial charge in [-0.25, -0.2) is 14.6 Å². The summed E-state index contributed by atoms with van der Waals surface area (Å²) in [4.78, 5) is 29.0. The molecule has 1 atom stereocenters. The molecule has 6 nitrogen and oxygen atoms in total. The van der Waals surface area contributed by atoms with Crippen molar-refractivity contribution >= 4 is 23.8 Å². The number of nitrogens with one attached hydrogen (secondary N) is 2. The van der Waals surface area contributed by atoms with E-state index in [-0.39, 0.29) is 12.6 Å². The third-order valence-electron chi connectivity index (χ3n) is 3.78. The highest BCUT2D eigenvalue weighted by atomic mass is 32.2. The van der Waals surface area contributed by atoms with E-state index < -0.39 is 12.0 Å². The van der Waals surface area contributed by atoms with E-state index >= 15 is 0 Å². The van der Waals surface area contributed by atoms with Crippen LogP contribution in [0, 0.1) is 0 Å². The van der Waals surface area contributed by atoms with Gasteiger partial charge in [0.05, 0.1) is 23.2 Å². The predicted molar refractivity (Wildman–Crippen MR) is 99.5 cm³/mol. The molecule has 0 saturated heterocycles. The second kappa shape index (κ2) is 8.53. The number of urea groups is 1. The van der Waals surface area contributed by atoms with Crippen LogP contribution in [-0.4, -0.2) is 29.3 Å². The number of esters is 1. The molecule has 0 unspecified atom stereocenters. The summed E-state index contributed by atoms with van der Waals surface area (Å²) in [5.41, 5.74) is 1.78. The van der Waals surface area contributed by atoms with E-state index in [0.29, 0.717) is 17.0 Å². The first-order valence-electron chi connectivity index (χ1n) is 8.25. The van der Waals surface area contributed by atoms with Gasteiger partial charge in [-0.15, -0.1) is 11.8 Å². The number of hydrogen-bond donors (Lipinski definition) is 2. The van der Waals surface area contributed by atoms with Crippen molar-refractivity contribution < 1.29 is 14.3 Å². The molecule has 3 rings (SSSR count). The Labute approximate surface area is 156 Å². The Morgan fingerprint density at radius 1 is 1.19 bits per heavy atom. The fraction of sp³-hybridized carbons (Fsp3) is 0.211. The average molecular weight is 369 g/mol. The molecule has 1 aliphatic rings. The molecule has 2 N–H and O–H groups in total. The SMILES string of the molecule is CCOC(=O)C1=C(CSc2ccccn2)NC(=O)N[C@@H]1c1ccccc1. The maximum Gasteiger partial charge on any atom is 0.338 e. The van der Waals surface area contributed by atoms with E-state index in [4.69, 9.17) is 4.74 Å². The Morgan fingerprint density at radius 3 is 2.65 bits per heavy atom. The maximum absolute atomic E-state index is 12.6. The number of carbonyl (C=O) groups excluding carboxylic acids is 2. The van der Waals surface area contributed by atoms with Crippen molar-refractivity contribution in [2.75, 3.05) is 12.4 Å². The van der Waals surface area contributed by atoms with Crippen LogP contribution >= 0.6 is 11.8 Å². The number of rotatable bonds is 6. The second-order valence-electron chi connectivity index (χ2n) is 5.51. The fourth-order valence-electron chi connectivity index (χ4n) is 2.66. The molecular formula is C19H19N3O3S. The zero-order chi connectivity index (χ0) is 18.4. The molecular weight excluding hydrogens is 350 g/mol. The molecule has 1 aromatic carbocycles. The molecule has 26 heavy (non-hydrogen) atoms. The van der Waals surface area contributed by atoms with Crippen LogP contribution in [0.1, 0.15) is 18.5 Å². The van der Waals surface area contributed by atoms with Gasteiger partial charge in [-0.2, -0.15) is 0 Å². The van der Waals surface area contributed by atoms with Gasteiger partial charge in [0.2, 0.25) is 0 Å². The van der Waals surface area contributed by atoms with Crippen molar-refractivity contribution in [1.29, 1.82) is 0 Å². The molecule has 7 heteroatoms. The van der Waals surface area contributed by atoms with Crippen molar-refractivity contribution in [3.63, 3.8) is 0 Å². The highest BCUT2D eigenvalue weighted by Gasteiger charge is 2.33. The Morgan fingerprint density at radius 2 is 1.96 bits per heavy atom. The molecule has 2 amide bonds. The average Bonchev–Trinajstić information content (AvgIpc) is 2.67. The molecule has 0 radical (unpaired) electrons. The van der Waals surface area contributed by atoms with E-state index in [1.165, 1.54) is 11.8 Å². The summed E-state index contributed by atoms with van der Waals surface area (Å²) < 4.78 is 5.24. The van der Waals surface area contributed by atoms with Gasteiger partial charge < -0.3 is 15.4 Å². The van der Waals surface area contributed by atoms with E-state index in [1.54, 1.807) is 13.1 Å². The first-order chi connectivity index (χ1) is 12.7. The highest BCUT2D eigenvalue weighted by Crippen LogP contribution is 2.30. The Bertz CT molecular complexity index is 809. The number of pyridine rings is 1. The lowest BCUT2D eigenvalue weighted by Gasteiger charge is -2.29. The van der Waals surface area contributed by atoms with Gasteiger partial charge in [0, 0.05) is 17.6 Å². The predicted octanol–water partition coefficient (Wildman–Crippen LogP) is 3.05. The first-order valence-corrected chi connectivity index (χ1v) is 9.24. The van der Waals surface area contributed by atoms with Crippen LogP contribution in [0.4, 0.5) is 4.79 Å². The molecule has 0 spiro atoms. The third kappa shape index (κ3) is 4.23. The summed E-state index contributed by atoms with van der Waals surface area (Å²) in [5.74, 6) is -0.0347. The molecule has 0 saturated carbocycles. The minimum absolute atomic E-state index is 0.262. The molecule has 1 aliphatic heterocycles. The standard InChI is InChI=1S/C19H19N3O3S/c1-2-25-18(23)16-14(12-26-15-10-6-7-11-20-15)21-19(24)22-17(16)13-8-4-3-5-9-13/h3-11,17H,2,12H2,1H3,(H2,21,22,24)/t17-/m1/s1. The number of thioether (sulfide) groups is 1. The molecule has 2 heterocycles.